The minimum atomic E-state index is 0.567. The third kappa shape index (κ3) is 3.89. The highest BCUT2D eigenvalue weighted by atomic mass is 32.1. The van der Waals surface area contributed by atoms with Crippen LogP contribution in [0.4, 0.5) is 0 Å². The number of fused-ring (bicyclic) bond motifs is 1. The van der Waals surface area contributed by atoms with E-state index < -0.39 is 0 Å². The summed E-state index contributed by atoms with van der Waals surface area (Å²) >= 11 is 3.31. The molecular weight excluding hydrogens is 328 g/mol. The number of nitrogens with one attached hydrogen (secondary N) is 1. The first-order valence-electron chi connectivity index (χ1n) is 7.47. The predicted octanol–water partition coefficient (Wildman–Crippen LogP) is 2.76. The topological polar surface area (TPSA) is 57.8 Å². The van der Waals surface area contributed by atoms with Gasteiger partial charge < -0.3 is 10.2 Å². The largest absolute Gasteiger partial charge is 0.357 e. The summed E-state index contributed by atoms with van der Waals surface area (Å²) in [5.74, 6) is 0.870. The summed E-state index contributed by atoms with van der Waals surface area (Å²) in [5.41, 5.74) is 2.05. The van der Waals surface area contributed by atoms with Crippen LogP contribution in [-0.2, 0) is 13.1 Å². The smallest absolute Gasteiger partial charge is 0.194 e. The molecule has 3 aromatic heterocycles. The minimum Gasteiger partial charge on any atom is -0.357 e. The van der Waals surface area contributed by atoms with Gasteiger partial charge in [-0.25, -0.2) is 15.0 Å². The van der Waals surface area contributed by atoms with E-state index in [1.165, 1.54) is 0 Å². The van der Waals surface area contributed by atoms with Crippen molar-refractivity contribution in [3.63, 3.8) is 0 Å². The molecule has 6 nitrogen and oxygen atoms in total. The first-order valence-corrected chi connectivity index (χ1v) is 9.23. The number of nitrogens with zero attached hydrogens (tertiary/aromatic N) is 5. The SMILES string of the molecule is CCNC(=NCc1cn2ccsc2n1)N(C)Cc1csc(C)n1. The number of hydrogen-bond donors (Lipinski definition) is 1. The monoisotopic (exact) mass is 348 g/mol. The molecule has 0 atom stereocenters. The first kappa shape index (κ1) is 15.9. The van der Waals surface area contributed by atoms with E-state index in [0.29, 0.717) is 6.54 Å². The Kier molecular flexibility index (Phi) is 4.92. The van der Waals surface area contributed by atoms with Crippen molar-refractivity contribution in [1.82, 2.24) is 24.6 Å². The summed E-state index contributed by atoms with van der Waals surface area (Å²) in [6.07, 6.45) is 4.05. The van der Waals surface area contributed by atoms with Gasteiger partial charge in [-0.15, -0.1) is 22.7 Å². The Hall–Kier alpha value is -1.93. The highest BCUT2D eigenvalue weighted by Gasteiger charge is 2.09. The Balaban J connectivity index is 1.69. The second-order valence-electron chi connectivity index (χ2n) is 5.21. The van der Waals surface area contributed by atoms with Gasteiger partial charge in [0.15, 0.2) is 10.9 Å². The van der Waals surface area contributed by atoms with Gasteiger partial charge in [-0.2, -0.15) is 0 Å². The molecule has 122 valence electrons. The van der Waals surface area contributed by atoms with Gasteiger partial charge in [0.25, 0.3) is 0 Å². The second kappa shape index (κ2) is 7.10. The van der Waals surface area contributed by atoms with Crippen LogP contribution < -0.4 is 5.32 Å². The fourth-order valence-electron chi connectivity index (χ4n) is 2.28. The van der Waals surface area contributed by atoms with Crippen molar-refractivity contribution in [2.24, 2.45) is 4.99 Å². The molecule has 23 heavy (non-hydrogen) atoms. The maximum absolute atomic E-state index is 4.70. The molecule has 8 heteroatoms. The highest BCUT2D eigenvalue weighted by molar-refractivity contribution is 7.15. The van der Waals surface area contributed by atoms with Crippen molar-refractivity contribution >= 4 is 33.6 Å². The average Bonchev–Trinajstić information content (AvgIpc) is 3.19. The van der Waals surface area contributed by atoms with E-state index in [9.17, 15) is 0 Å². The lowest BCUT2D eigenvalue weighted by Gasteiger charge is -2.21. The van der Waals surface area contributed by atoms with Crippen LogP contribution in [0.3, 0.4) is 0 Å². The number of thiazole rings is 2. The lowest BCUT2D eigenvalue weighted by molar-refractivity contribution is 0.470. The molecule has 0 saturated carbocycles. The minimum absolute atomic E-state index is 0.567. The number of aliphatic imine (C=N–C) groups is 1. The molecular formula is C15H20N6S2. The summed E-state index contributed by atoms with van der Waals surface area (Å²) in [4.78, 5) is 16.9. The number of guanidine groups is 1. The van der Waals surface area contributed by atoms with Crippen LogP contribution >= 0.6 is 22.7 Å². The molecule has 3 heterocycles. The molecule has 0 spiro atoms. The molecule has 0 aliphatic carbocycles. The molecule has 0 aliphatic heterocycles. The average molecular weight is 349 g/mol. The van der Waals surface area contributed by atoms with E-state index in [2.05, 4.69) is 32.5 Å². The van der Waals surface area contributed by atoms with Crippen LogP contribution in [0.2, 0.25) is 0 Å². The van der Waals surface area contributed by atoms with Crippen molar-refractivity contribution in [3.8, 4) is 0 Å². The Morgan fingerprint density at radius 1 is 1.35 bits per heavy atom. The molecule has 0 saturated heterocycles. The lowest BCUT2D eigenvalue weighted by Crippen LogP contribution is -2.38. The maximum atomic E-state index is 4.70. The van der Waals surface area contributed by atoms with Crippen LogP contribution in [0.1, 0.15) is 23.3 Å². The molecule has 0 aliphatic rings. The normalized spacial score (nSPS) is 12.0. The van der Waals surface area contributed by atoms with Gasteiger partial charge >= 0.3 is 0 Å². The van der Waals surface area contributed by atoms with Crippen molar-refractivity contribution in [2.75, 3.05) is 13.6 Å². The van der Waals surface area contributed by atoms with Crippen molar-refractivity contribution < 1.29 is 0 Å². The van der Waals surface area contributed by atoms with Crippen molar-refractivity contribution in [2.45, 2.75) is 26.9 Å². The van der Waals surface area contributed by atoms with Gasteiger partial charge in [0, 0.05) is 36.7 Å². The summed E-state index contributed by atoms with van der Waals surface area (Å²) in [5, 5.41) is 8.54. The van der Waals surface area contributed by atoms with Crippen LogP contribution in [0.25, 0.3) is 4.96 Å². The third-order valence-corrected chi connectivity index (χ3v) is 4.89. The number of rotatable bonds is 5. The van der Waals surface area contributed by atoms with Gasteiger partial charge in [-0.3, -0.25) is 4.40 Å². The predicted molar refractivity (Wildman–Crippen MR) is 96.2 cm³/mol. The summed E-state index contributed by atoms with van der Waals surface area (Å²) in [6, 6.07) is 0. The van der Waals surface area contributed by atoms with Crippen LogP contribution in [-0.4, -0.2) is 38.8 Å². The molecule has 3 aromatic rings. The molecule has 0 aromatic carbocycles. The van der Waals surface area contributed by atoms with Gasteiger partial charge in [-0.1, -0.05) is 0 Å². The quantitative estimate of drug-likeness (QED) is 0.569. The Morgan fingerprint density at radius 3 is 2.91 bits per heavy atom. The van der Waals surface area contributed by atoms with Gasteiger partial charge in [0.05, 0.1) is 29.5 Å². The first-order chi connectivity index (χ1) is 11.2. The molecule has 1 N–H and O–H groups in total. The molecule has 0 amide bonds. The molecule has 0 bridgehead atoms. The number of hydrogen-bond acceptors (Lipinski definition) is 5. The molecule has 0 unspecified atom stereocenters. The van der Waals surface area contributed by atoms with E-state index in [-0.39, 0.29) is 0 Å². The fraction of sp³-hybridized carbons (Fsp3) is 0.400. The second-order valence-corrected chi connectivity index (χ2v) is 7.14. The van der Waals surface area contributed by atoms with Crippen LogP contribution in [0, 0.1) is 6.92 Å². The summed E-state index contributed by atoms with van der Waals surface area (Å²) < 4.78 is 2.03. The van der Waals surface area contributed by atoms with Gasteiger partial charge in [0.2, 0.25) is 0 Å². The van der Waals surface area contributed by atoms with E-state index in [0.717, 1.165) is 40.4 Å². The number of imidazole rings is 1. The van der Waals surface area contributed by atoms with E-state index in [1.807, 2.05) is 36.1 Å². The van der Waals surface area contributed by atoms with Gasteiger partial charge in [0.1, 0.15) is 0 Å². The maximum Gasteiger partial charge on any atom is 0.194 e. The zero-order valence-electron chi connectivity index (χ0n) is 13.5. The van der Waals surface area contributed by atoms with E-state index >= 15 is 0 Å². The van der Waals surface area contributed by atoms with Crippen molar-refractivity contribution in [3.05, 3.63) is 39.5 Å². The molecule has 0 fully saturated rings. The number of aryl methyl sites for hydroxylation is 1. The van der Waals surface area contributed by atoms with E-state index in [1.54, 1.807) is 22.7 Å². The van der Waals surface area contributed by atoms with Crippen molar-refractivity contribution in [1.29, 1.82) is 0 Å². The highest BCUT2D eigenvalue weighted by Crippen LogP contribution is 2.13. The zero-order chi connectivity index (χ0) is 16.2. The Bertz CT molecular complexity index is 771. The molecule has 0 radical (unpaired) electrons. The van der Waals surface area contributed by atoms with Crippen LogP contribution in [0.5, 0.6) is 0 Å². The zero-order valence-corrected chi connectivity index (χ0v) is 15.1. The van der Waals surface area contributed by atoms with E-state index in [4.69, 9.17) is 4.99 Å². The Morgan fingerprint density at radius 2 is 2.22 bits per heavy atom. The Labute approximate surface area is 143 Å². The fourth-order valence-corrected chi connectivity index (χ4v) is 3.60. The summed E-state index contributed by atoms with van der Waals surface area (Å²) in [7, 11) is 2.03. The lowest BCUT2D eigenvalue weighted by atomic mass is 10.4. The standard InChI is InChI=1S/C15H20N6S2/c1-4-16-14(20(3)8-13-10-23-11(2)18-13)17-7-12-9-21-5-6-22-15(21)19-12/h5-6,9-10H,4,7-8H2,1-3H3,(H,16,17). The number of aromatic nitrogens is 3. The van der Waals surface area contributed by atoms with Gasteiger partial charge in [-0.05, 0) is 13.8 Å². The molecule has 3 rings (SSSR count). The van der Waals surface area contributed by atoms with Crippen LogP contribution in [0.15, 0.2) is 28.1 Å². The summed E-state index contributed by atoms with van der Waals surface area (Å²) in [6.45, 7) is 6.24. The third-order valence-electron chi connectivity index (χ3n) is 3.30.